The van der Waals surface area contributed by atoms with E-state index in [0.717, 1.165) is 13.3 Å². The molecule has 0 amide bonds. The number of carbonyl (C=O) groups excluding carboxylic acids is 1. The summed E-state index contributed by atoms with van der Waals surface area (Å²) in [5, 5.41) is 13.8. The SMILES string of the molecule is COC(=O)c1c([N+](=O)[O-])cnn1CC(F)F. The van der Waals surface area contributed by atoms with Crippen LogP contribution in [0.2, 0.25) is 0 Å². The maximum absolute atomic E-state index is 12.1. The highest BCUT2D eigenvalue weighted by molar-refractivity contribution is 5.91. The van der Waals surface area contributed by atoms with Gasteiger partial charge in [0.15, 0.2) is 0 Å². The van der Waals surface area contributed by atoms with Crippen LogP contribution in [0.4, 0.5) is 14.5 Å². The fourth-order valence-electron chi connectivity index (χ4n) is 1.08. The first-order valence-corrected chi connectivity index (χ1v) is 4.04. The molecule has 0 atom stereocenters. The number of hydrogen-bond acceptors (Lipinski definition) is 5. The van der Waals surface area contributed by atoms with Gasteiger partial charge in [-0.2, -0.15) is 5.10 Å². The van der Waals surface area contributed by atoms with E-state index in [1.54, 1.807) is 0 Å². The molecule has 7 nitrogen and oxygen atoms in total. The molecule has 0 N–H and O–H groups in total. The van der Waals surface area contributed by atoms with E-state index in [1.807, 2.05) is 0 Å². The van der Waals surface area contributed by atoms with Crippen LogP contribution >= 0.6 is 0 Å². The number of hydrogen-bond donors (Lipinski definition) is 0. The lowest BCUT2D eigenvalue weighted by Crippen LogP contribution is -2.17. The van der Waals surface area contributed by atoms with Crippen molar-refractivity contribution in [3.8, 4) is 0 Å². The Hall–Kier alpha value is -2.06. The highest BCUT2D eigenvalue weighted by Crippen LogP contribution is 2.19. The number of aromatic nitrogens is 2. The molecule has 0 aliphatic carbocycles. The average molecular weight is 235 g/mol. The molecule has 0 saturated carbocycles. The molecule has 0 aromatic carbocycles. The van der Waals surface area contributed by atoms with Crippen LogP contribution in [0, 0.1) is 10.1 Å². The summed E-state index contributed by atoms with van der Waals surface area (Å²) in [7, 11) is 0.992. The summed E-state index contributed by atoms with van der Waals surface area (Å²) >= 11 is 0. The molecule has 0 aliphatic heterocycles. The zero-order valence-electron chi connectivity index (χ0n) is 8.09. The molecule has 0 unspecified atom stereocenters. The number of rotatable bonds is 4. The molecule has 0 aliphatic rings. The standard InChI is InChI=1S/C7H7F2N3O4/c1-16-7(13)6-4(12(14)15)2-10-11(6)3-5(8)9/h2,5H,3H2,1H3. The number of carbonyl (C=O) groups is 1. The van der Waals surface area contributed by atoms with Crippen molar-refractivity contribution in [3.63, 3.8) is 0 Å². The van der Waals surface area contributed by atoms with E-state index in [9.17, 15) is 23.7 Å². The van der Waals surface area contributed by atoms with Crippen molar-refractivity contribution in [2.24, 2.45) is 0 Å². The Bertz CT molecular complexity index is 418. The Balaban J connectivity index is 3.19. The Morgan fingerprint density at radius 3 is 2.81 bits per heavy atom. The number of nitro groups is 1. The van der Waals surface area contributed by atoms with Gasteiger partial charge < -0.3 is 4.74 Å². The van der Waals surface area contributed by atoms with Crippen molar-refractivity contribution < 1.29 is 23.2 Å². The first-order valence-electron chi connectivity index (χ1n) is 4.04. The number of alkyl halides is 2. The molecule has 1 aromatic rings. The van der Waals surface area contributed by atoms with Gasteiger partial charge in [-0.05, 0) is 0 Å². The lowest BCUT2D eigenvalue weighted by atomic mass is 10.3. The highest BCUT2D eigenvalue weighted by atomic mass is 19.3. The highest BCUT2D eigenvalue weighted by Gasteiger charge is 2.28. The average Bonchev–Trinajstić information content (AvgIpc) is 2.59. The fraction of sp³-hybridized carbons (Fsp3) is 0.429. The van der Waals surface area contributed by atoms with Crippen LogP contribution in [0.5, 0.6) is 0 Å². The van der Waals surface area contributed by atoms with E-state index in [1.165, 1.54) is 0 Å². The van der Waals surface area contributed by atoms with Crippen LogP contribution in [-0.4, -0.2) is 34.2 Å². The van der Waals surface area contributed by atoms with E-state index in [0.29, 0.717) is 4.68 Å². The summed E-state index contributed by atoms with van der Waals surface area (Å²) in [5.74, 6) is -1.08. The Morgan fingerprint density at radius 2 is 2.38 bits per heavy atom. The maximum Gasteiger partial charge on any atom is 0.363 e. The van der Waals surface area contributed by atoms with E-state index >= 15 is 0 Å². The first-order chi connectivity index (χ1) is 7.47. The van der Waals surface area contributed by atoms with Crippen molar-refractivity contribution in [2.45, 2.75) is 13.0 Å². The van der Waals surface area contributed by atoms with Gasteiger partial charge in [0.2, 0.25) is 5.69 Å². The molecule has 88 valence electrons. The van der Waals surface area contributed by atoms with E-state index in [4.69, 9.17) is 0 Å². The molecule has 0 radical (unpaired) electrons. The first kappa shape index (κ1) is 12.0. The van der Waals surface area contributed by atoms with Crippen LogP contribution in [0.15, 0.2) is 6.20 Å². The minimum Gasteiger partial charge on any atom is -0.464 e. The number of methoxy groups -OCH3 is 1. The Labute approximate surface area is 87.8 Å². The van der Waals surface area contributed by atoms with E-state index in [2.05, 4.69) is 9.84 Å². The van der Waals surface area contributed by atoms with Gasteiger partial charge in [0.05, 0.1) is 12.0 Å². The number of halogens is 2. The monoisotopic (exact) mass is 235 g/mol. The van der Waals surface area contributed by atoms with Gasteiger partial charge in [-0.1, -0.05) is 0 Å². The van der Waals surface area contributed by atoms with Crippen LogP contribution < -0.4 is 0 Å². The van der Waals surface area contributed by atoms with Crippen LogP contribution in [0.25, 0.3) is 0 Å². The maximum atomic E-state index is 12.1. The second-order valence-corrected chi connectivity index (χ2v) is 2.70. The molecule has 0 spiro atoms. The van der Waals surface area contributed by atoms with Gasteiger partial charge in [0, 0.05) is 0 Å². The van der Waals surface area contributed by atoms with E-state index in [-0.39, 0.29) is 0 Å². The third kappa shape index (κ3) is 2.30. The summed E-state index contributed by atoms with van der Waals surface area (Å²) in [6.45, 7) is -0.904. The van der Waals surface area contributed by atoms with Crippen LogP contribution in [0.1, 0.15) is 10.5 Å². The van der Waals surface area contributed by atoms with Crippen molar-refractivity contribution in [1.29, 1.82) is 0 Å². The van der Waals surface area contributed by atoms with Crippen LogP contribution in [-0.2, 0) is 11.3 Å². The topological polar surface area (TPSA) is 87.3 Å². The minimum absolute atomic E-state index is 0.550. The van der Waals surface area contributed by atoms with Gasteiger partial charge in [-0.15, -0.1) is 0 Å². The largest absolute Gasteiger partial charge is 0.464 e. The van der Waals surface area contributed by atoms with Crippen LogP contribution in [0.3, 0.4) is 0 Å². The molecule has 1 rings (SSSR count). The zero-order valence-corrected chi connectivity index (χ0v) is 8.09. The predicted molar refractivity (Wildman–Crippen MR) is 46.2 cm³/mol. The summed E-state index contributed by atoms with van der Waals surface area (Å²) < 4.78 is 29.0. The Morgan fingerprint density at radius 1 is 1.75 bits per heavy atom. The fourth-order valence-corrected chi connectivity index (χ4v) is 1.08. The quantitative estimate of drug-likeness (QED) is 0.438. The molecule has 0 fully saturated rings. The second-order valence-electron chi connectivity index (χ2n) is 2.70. The molecule has 0 saturated heterocycles. The minimum atomic E-state index is -2.78. The molecule has 0 bridgehead atoms. The summed E-state index contributed by atoms with van der Waals surface area (Å²) in [4.78, 5) is 20.8. The smallest absolute Gasteiger partial charge is 0.363 e. The third-order valence-corrected chi connectivity index (χ3v) is 1.71. The zero-order chi connectivity index (χ0) is 12.3. The lowest BCUT2D eigenvalue weighted by Gasteiger charge is -2.03. The molecule has 1 heterocycles. The van der Waals surface area contributed by atoms with Gasteiger partial charge in [0.1, 0.15) is 12.7 Å². The van der Waals surface area contributed by atoms with Crippen molar-refractivity contribution in [2.75, 3.05) is 7.11 Å². The second kappa shape index (κ2) is 4.64. The normalized spacial score (nSPS) is 10.5. The molecule has 9 heteroatoms. The molecular formula is C7H7F2N3O4. The number of ether oxygens (including phenoxy) is 1. The van der Waals surface area contributed by atoms with Gasteiger partial charge in [-0.3, -0.25) is 10.1 Å². The predicted octanol–water partition coefficient (Wildman–Crippen LogP) is 0.843. The molecular weight excluding hydrogens is 228 g/mol. The van der Waals surface area contributed by atoms with Gasteiger partial charge in [-0.25, -0.2) is 18.3 Å². The summed E-state index contributed by atoms with van der Waals surface area (Å²) in [6.07, 6.45) is -2.04. The lowest BCUT2D eigenvalue weighted by molar-refractivity contribution is -0.385. The van der Waals surface area contributed by atoms with Crippen molar-refractivity contribution in [3.05, 3.63) is 22.0 Å². The summed E-state index contributed by atoms with van der Waals surface area (Å²) in [6, 6.07) is 0. The number of esters is 1. The summed E-state index contributed by atoms with van der Waals surface area (Å²) in [5.41, 5.74) is -1.25. The third-order valence-electron chi connectivity index (χ3n) is 1.71. The number of nitrogens with zero attached hydrogens (tertiary/aromatic N) is 3. The van der Waals surface area contributed by atoms with E-state index < -0.39 is 35.2 Å². The van der Waals surface area contributed by atoms with Gasteiger partial charge >= 0.3 is 11.7 Å². The molecule has 1 aromatic heterocycles. The van der Waals surface area contributed by atoms with Crippen molar-refractivity contribution in [1.82, 2.24) is 9.78 Å². The molecule has 16 heavy (non-hydrogen) atoms. The Kier molecular flexibility index (Phi) is 3.48. The van der Waals surface area contributed by atoms with Gasteiger partial charge in [0.25, 0.3) is 6.43 Å². The van der Waals surface area contributed by atoms with Crippen molar-refractivity contribution >= 4 is 11.7 Å².